The van der Waals surface area contributed by atoms with E-state index in [1.807, 2.05) is 11.9 Å². The zero-order valence-electron chi connectivity index (χ0n) is 11.2. The Morgan fingerprint density at radius 3 is 2.47 bits per heavy atom. The van der Waals surface area contributed by atoms with Crippen LogP contribution in [-0.2, 0) is 4.79 Å². The Labute approximate surface area is 105 Å². The van der Waals surface area contributed by atoms with Gasteiger partial charge in [0.2, 0.25) is 5.91 Å². The van der Waals surface area contributed by atoms with Crippen molar-refractivity contribution in [3.63, 3.8) is 0 Å². The topological polar surface area (TPSA) is 32.3 Å². The van der Waals surface area contributed by atoms with Crippen LogP contribution in [0, 0.1) is 5.92 Å². The molecule has 2 rings (SSSR count). The Morgan fingerprint density at radius 1 is 1.18 bits per heavy atom. The van der Waals surface area contributed by atoms with E-state index < -0.39 is 0 Å². The molecule has 1 aliphatic carbocycles. The van der Waals surface area contributed by atoms with Crippen LogP contribution in [0.3, 0.4) is 0 Å². The smallest absolute Gasteiger partial charge is 0.222 e. The van der Waals surface area contributed by atoms with Gasteiger partial charge in [0, 0.05) is 32.1 Å². The highest BCUT2D eigenvalue weighted by molar-refractivity contribution is 5.76. The molecule has 0 aromatic carbocycles. The number of likely N-dealkylation sites (N-methyl/N-ethyl adjacent to an activating group) is 1. The summed E-state index contributed by atoms with van der Waals surface area (Å²) in [6, 6.07) is 1.23. The molecule has 1 unspecified atom stereocenters. The van der Waals surface area contributed by atoms with Gasteiger partial charge in [0.25, 0.3) is 0 Å². The summed E-state index contributed by atoms with van der Waals surface area (Å²) in [6.07, 6.45) is 8.51. The molecule has 0 aromatic heterocycles. The van der Waals surface area contributed by atoms with Crippen molar-refractivity contribution in [2.24, 2.45) is 5.92 Å². The predicted molar refractivity (Wildman–Crippen MR) is 69.8 cm³/mol. The van der Waals surface area contributed by atoms with Crippen molar-refractivity contribution in [3.8, 4) is 0 Å². The van der Waals surface area contributed by atoms with Gasteiger partial charge in [-0.05, 0) is 38.0 Å². The Balaban J connectivity index is 1.73. The molecule has 1 atom stereocenters. The quantitative estimate of drug-likeness (QED) is 0.817. The second-order valence-electron chi connectivity index (χ2n) is 5.80. The molecule has 98 valence electrons. The molecule has 17 heavy (non-hydrogen) atoms. The maximum Gasteiger partial charge on any atom is 0.222 e. The lowest BCUT2D eigenvalue weighted by molar-refractivity contribution is -0.132. The van der Waals surface area contributed by atoms with E-state index in [1.165, 1.54) is 32.1 Å². The zero-order valence-corrected chi connectivity index (χ0v) is 11.2. The fourth-order valence-corrected chi connectivity index (χ4v) is 3.22. The maximum absolute atomic E-state index is 11.4. The lowest BCUT2D eigenvalue weighted by Gasteiger charge is -2.36. The number of likely N-dealkylation sites (tertiary alicyclic amines) is 1. The van der Waals surface area contributed by atoms with E-state index in [-0.39, 0.29) is 0 Å². The van der Waals surface area contributed by atoms with E-state index in [0.717, 1.165) is 25.3 Å². The highest BCUT2D eigenvalue weighted by Crippen LogP contribution is 2.27. The highest BCUT2D eigenvalue weighted by atomic mass is 16.2. The third kappa shape index (κ3) is 3.44. The lowest BCUT2D eigenvalue weighted by Crippen LogP contribution is -2.50. The van der Waals surface area contributed by atoms with Crippen LogP contribution in [-0.4, -0.2) is 36.5 Å². The third-order valence-electron chi connectivity index (χ3n) is 4.52. The number of nitrogens with one attached hydrogen (secondary N) is 1. The van der Waals surface area contributed by atoms with Crippen molar-refractivity contribution < 1.29 is 4.79 Å². The Kier molecular flexibility index (Phi) is 4.43. The number of carbonyl (C=O) groups excluding carboxylic acids is 1. The molecule has 1 heterocycles. The first-order chi connectivity index (χ1) is 8.19. The molecule has 0 spiro atoms. The Hall–Kier alpha value is -0.570. The van der Waals surface area contributed by atoms with Gasteiger partial charge in [-0.15, -0.1) is 0 Å². The van der Waals surface area contributed by atoms with Crippen LogP contribution in [0.25, 0.3) is 0 Å². The van der Waals surface area contributed by atoms with Crippen LogP contribution in [0.5, 0.6) is 0 Å². The van der Waals surface area contributed by atoms with Crippen LogP contribution in [0.4, 0.5) is 0 Å². The second-order valence-corrected chi connectivity index (χ2v) is 5.80. The number of hydrogen-bond donors (Lipinski definition) is 1. The molecule has 1 amide bonds. The third-order valence-corrected chi connectivity index (χ3v) is 4.52. The number of hydrogen-bond acceptors (Lipinski definition) is 2. The SMILES string of the molecule is CCC1CCC(NC2CCC(=O)N(C)C2)CC1. The van der Waals surface area contributed by atoms with Gasteiger partial charge in [-0.3, -0.25) is 4.79 Å². The van der Waals surface area contributed by atoms with E-state index in [4.69, 9.17) is 0 Å². The minimum absolute atomic E-state index is 0.303. The Morgan fingerprint density at radius 2 is 1.88 bits per heavy atom. The number of amides is 1. The summed E-state index contributed by atoms with van der Waals surface area (Å²) in [6.45, 7) is 3.20. The minimum atomic E-state index is 0.303. The molecule has 2 fully saturated rings. The van der Waals surface area contributed by atoms with Gasteiger partial charge in [0.1, 0.15) is 0 Å². The average Bonchev–Trinajstić information content (AvgIpc) is 2.35. The molecular formula is C14H26N2O. The first-order valence-corrected chi connectivity index (χ1v) is 7.19. The monoisotopic (exact) mass is 238 g/mol. The maximum atomic E-state index is 11.4. The van der Waals surface area contributed by atoms with Crippen molar-refractivity contribution in [1.29, 1.82) is 0 Å². The van der Waals surface area contributed by atoms with E-state index >= 15 is 0 Å². The summed E-state index contributed by atoms with van der Waals surface area (Å²) in [4.78, 5) is 13.3. The van der Waals surface area contributed by atoms with Crippen LogP contribution in [0.2, 0.25) is 0 Å². The zero-order chi connectivity index (χ0) is 12.3. The van der Waals surface area contributed by atoms with E-state index in [2.05, 4.69) is 12.2 Å². The number of piperidine rings is 1. The highest BCUT2D eigenvalue weighted by Gasteiger charge is 2.26. The fourth-order valence-electron chi connectivity index (χ4n) is 3.22. The number of nitrogens with zero attached hydrogens (tertiary/aromatic N) is 1. The molecule has 2 aliphatic rings. The molecule has 3 heteroatoms. The predicted octanol–water partition coefficient (Wildman–Crippen LogP) is 2.17. The van der Waals surface area contributed by atoms with Crippen molar-refractivity contribution in [1.82, 2.24) is 10.2 Å². The first kappa shape index (κ1) is 12.9. The summed E-state index contributed by atoms with van der Waals surface area (Å²) in [5.74, 6) is 1.27. The molecule has 0 bridgehead atoms. The van der Waals surface area contributed by atoms with Crippen molar-refractivity contribution >= 4 is 5.91 Å². The summed E-state index contributed by atoms with van der Waals surface area (Å²) >= 11 is 0. The molecule has 1 aliphatic heterocycles. The minimum Gasteiger partial charge on any atom is -0.344 e. The van der Waals surface area contributed by atoms with Crippen molar-refractivity contribution in [2.75, 3.05) is 13.6 Å². The van der Waals surface area contributed by atoms with E-state index in [1.54, 1.807) is 0 Å². The van der Waals surface area contributed by atoms with Gasteiger partial charge in [-0.25, -0.2) is 0 Å². The van der Waals surface area contributed by atoms with Crippen LogP contribution < -0.4 is 5.32 Å². The normalized spacial score (nSPS) is 35.1. The molecule has 0 aromatic rings. The summed E-state index contributed by atoms with van der Waals surface area (Å²) in [5.41, 5.74) is 0. The van der Waals surface area contributed by atoms with Crippen molar-refractivity contribution in [3.05, 3.63) is 0 Å². The van der Waals surface area contributed by atoms with Crippen LogP contribution in [0.1, 0.15) is 51.9 Å². The van der Waals surface area contributed by atoms with Crippen LogP contribution >= 0.6 is 0 Å². The van der Waals surface area contributed by atoms with Gasteiger partial charge in [-0.1, -0.05) is 13.3 Å². The molecule has 1 saturated heterocycles. The molecule has 0 radical (unpaired) electrons. The van der Waals surface area contributed by atoms with Gasteiger partial charge >= 0.3 is 0 Å². The van der Waals surface area contributed by atoms with Gasteiger partial charge in [-0.2, -0.15) is 0 Å². The standard InChI is InChI=1S/C14H26N2O/c1-3-11-4-6-12(7-5-11)15-13-8-9-14(17)16(2)10-13/h11-13,15H,3-10H2,1-2H3. The van der Waals surface area contributed by atoms with Gasteiger partial charge in [0.05, 0.1) is 0 Å². The summed E-state index contributed by atoms with van der Waals surface area (Å²) in [7, 11) is 1.92. The molecule has 3 nitrogen and oxygen atoms in total. The van der Waals surface area contributed by atoms with E-state index in [0.29, 0.717) is 18.0 Å². The fraction of sp³-hybridized carbons (Fsp3) is 0.929. The van der Waals surface area contributed by atoms with Crippen LogP contribution in [0.15, 0.2) is 0 Å². The lowest BCUT2D eigenvalue weighted by atomic mass is 9.84. The Bertz CT molecular complexity index is 259. The summed E-state index contributed by atoms with van der Waals surface area (Å²) in [5, 5.41) is 3.76. The number of rotatable bonds is 3. The molecule has 1 saturated carbocycles. The molecule has 1 N–H and O–H groups in total. The van der Waals surface area contributed by atoms with Gasteiger partial charge in [0.15, 0.2) is 0 Å². The second kappa shape index (κ2) is 5.85. The van der Waals surface area contributed by atoms with E-state index in [9.17, 15) is 4.79 Å². The largest absolute Gasteiger partial charge is 0.344 e. The average molecular weight is 238 g/mol. The van der Waals surface area contributed by atoms with Crippen molar-refractivity contribution in [2.45, 2.75) is 64.0 Å². The summed E-state index contributed by atoms with van der Waals surface area (Å²) < 4.78 is 0. The van der Waals surface area contributed by atoms with Gasteiger partial charge < -0.3 is 10.2 Å². The molecular weight excluding hydrogens is 212 g/mol. The first-order valence-electron chi connectivity index (χ1n) is 7.19. The number of carbonyl (C=O) groups is 1.